The van der Waals surface area contributed by atoms with Crippen LogP contribution >= 0.6 is 11.6 Å². The van der Waals surface area contributed by atoms with E-state index in [1.54, 1.807) is 12.1 Å². The molecule has 2 saturated heterocycles. The molecule has 1 unspecified atom stereocenters. The summed E-state index contributed by atoms with van der Waals surface area (Å²) >= 11 is 6.03. The molecule has 2 fully saturated rings. The standard InChI is InChI=1S/C14H14ClN3O/c15-11-2-1-10(8-16)13(7-11)17-5-6-18-12(9-17)3-4-14(18)19/h1-2,7,12H,3-6,9H2. The lowest BCUT2D eigenvalue weighted by atomic mass is 10.1. The van der Waals surface area contributed by atoms with Crippen LogP contribution in [0.3, 0.4) is 0 Å². The number of carbonyl (C=O) groups is 1. The minimum absolute atomic E-state index is 0.260. The van der Waals surface area contributed by atoms with Gasteiger partial charge in [0, 0.05) is 37.1 Å². The number of fused-ring (bicyclic) bond motifs is 1. The fourth-order valence-electron chi connectivity index (χ4n) is 2.94. The molecular weight excluding hydrogens is 262 g/mol. The Kier molecular flexibility index (Phi) is 3.08. The normalized spacial score (nSPS) is 22.3. The van der Waals surface area contributed by atoms with Crippen molar-refractivity contribution in [1.29, 1.82) is 5.26 Å². The molecule has 98 valence electrons. The van der Waals surface area contributed by atoms with Crippen LogP contribution in [0.1, 0.15) is 18.4 Å². The van der Waals surface area contributed by atoms with Gasteiger partial charge in [-0.15, -0.1) is 0 Å². The van der Waals surface area contributed by atoms with Gasteiger partial charge in [0.1, 0.15) is 6.07 Å². The number of benzene rings is 1. The first-order valence-corrected chi connectivity index (χ1v) is 6.81. The van der Waals surface area contributed by atoms with Crippen molar-refractivity contribution < 1.29 is 4.79 Å². The molecule has 2 aliphatic heterocycles. The molecule has 0 N–H and O–H groups in total. The summed E-state index contributed by atoms with van der Waals surface area (Å²) in [6, 6.07) is 7.82. The zero-order chi connectivity index (χ0) is 13.4. The highest BCUT2D eigenvalue weighted by molar-refractivity contribution is 6.30. The first-order valence-electron chi connectivity index (χ1n) is 6.43. The Morgan fingerprint density at radius 1 is 1.37 bits per heavy atom. The van der Waals surface area contributed by atoms with Crippen LogP contribution in [-0.4, -0.2) is 36.5 Å². The summed E-state index contributed by atoms with van der Waals surface area (Å²) in [6.07, 6.45) is 1.57. The van der Waals surface area contributed by atoms with E-state index in [2.05, 4.69) is 11.0 Å². The molecule has 5 heteroatoms. The van der Waals surface area contributed by atoms with Crippen molar-refractivity contribution in [3.8, 4) is 6.07 Å². The molecule has 1 aromatic rings. The van der Waals surface area contributed by atoms with E-state index >= 15 is 0 Å². The van der Waals surface area contributed by atoms with Gasteiger partial charge < -0.3 is 9.80 Å². The van der Waals surface area contributed by atoms with Gasteiger partial charge >= 0.3 is 0 Å². The fraction of sp³-hybridized carbons (Fsp3) is 0.429. The van der Waals surface area contributed by atoms with Crippen molar-refractivity contribution in [1.82, 2.24) is 4.90 Å². The van der Waals surface area contributed by atoms with Crippen LogP contribution in [-0.2, 0) is 4.79 Å². The summed E-state index contributed by atoms with van der Waals surface area (Å²) in [5, 5.41) is 9.82. The Bertz CT molecular complexity index is 566. The molecular formula is C14H14ClN3O. The number of halogens is 1. The molecule has 3 rings (SSSR count). The molecule has 0 saturated carbocycles. The van der Waals surface area contributed by atoms with E-state index in [-0.39, 0.29) is 11.9 Å². The smallest absolute Gasteiger partial charge is 0.223 e. The SMILES string of the molecule is N#Cc1ccc(Cl)cc1N1CCN2C(=O)CCC2C1. The number of nitriles is 1. The van der Waals surface area contributed by atoms with E-state index in [1.165, 1.54) is 0 Å². The Hall–Kier alpha value is -1.73. The van der Waals surface area contributed by atoms with Crippen LogP contribution in [0.25, 0.3) is 0 Å². The molecule has 1 amide bonds. The predicted molar refractivity (Wildman–Crippen MR) is 73.1 cm³/mol. The Balaban J connectivity index is 1.86. The second-order valence-corrected chi connectivity index (χ2v) is 5.44. The van der Waals surface area contributed by atoms with Crippen LogP contribution in [0.2, 0.25) is 5.02 Å². The molecule has 1 atom stereocenters. The van der Waals surface area contributed by atoms with Gasteiger partial charge in [-0.1, -0.05) is 11.6 Å². The second kappa shape index (κ2) is 4.75. The zero-order valence-electron chi connectivity index (χ0n) is 10.5. The maximum atomic E-state index is 11.7. The highest BCUT2D eigenvalue weighted by atomic mass is 35.5. The highest BCUT2D eigenvalue weighted by Crippen LogP contribution is 2.29. The lowest BCUT2D eigenvalue weighted by Crippen LogP contribution is -2.51. The maximum Gasteiger partial charge on any atom is 0.223 e. The topological polar surface area (TPSA) is 47.3 Å². The quantitative estimate of drug-likeness (QED) is 0.788. The van der Waals surface area contributed by atoms with Crippen LogP contribution in [0, 0.1) is 11.3 Å². The minimum atomic E-state index is 0.260. The molecule has 0 aliphatic carbocycles. The first-order chi connectivity index (χ1) is 9.19. The first kappa shape index (κ1) is 12.3. The third-order valence-electron chi connectivity index (χ3n) is 3.92. The molecule has 4 nitrogen and oxygen atoms in total. The summed E-state index contributed by atoms with van der Waals surface area (Å²) in [4.78, 5) is 15.8. The predicted octanol–water partition coefficient (Wildman–Crippen LogP) is 2.02. The molecule has 2 heterocycles. The fourth-order valence-corrected chi connectivity index (χ4v) is 3.11. The average Bonchev–Trinajstić information content (AvgIpc) is 2.80. The third-order valence-corrected chi connectivity index (χ3v) is 4.15. The molecule has 0 bridgehead atoms. The number of carbonyl (C=O) groups excluding carboxylic acids is 1. The number of nitrogens with zero attached hydrogens (tertiary/aromatic N) is 3. The van der Waals surface area contributed by atoms with Crippen molar-refractivity contribution in [2.24, 2.45) is 0 Å². The summed E-state index contributed by atoms with van der Waals surface area (Å²) in [5.41, 5.74) is 1.52. The highest BCUT2D eigenvalue weighted by Gasteiger charge is 2.35. The van der Waals surface area contributed by atoms with E-state index in [0.29, 0.717) is 17.0 Å². The van der Waals surface area contributed by atoms with Crippen molar-refractivity contribution in [3.05, 3.63) is 28.8 Å². The summed E-state index contributed by atoms with van der Waals surface area (Å²) in [5.74, 6) is 0.260. The van der Waals surface area contributed by atoms with Gasteiger partial charge in [0.2, 0.25) is 5.91 Å². The van der Waals surface area contributed by atoms with Crippen LogP contribution < -0.4 is 4.90 Å². The zero-order valence-corrected chi connectivity index (χ0v) is 11.2. The number of anilines is 1. The van der Waals surface area contributed by atoms with Gasteiger partial charge in [-0.3, -0.25) is 4.79 Å². The molecule has 2 aliphatic rings. The van der Waals surface area contributed by atoms with Crippen molar-refractivity contribution >= 4 is 23.2 Å². The van der Waals surface area contributed by atoms with Crippen molar-refractivity contribution in [3.63, 3.8) is 0 Å². The average molecular weight is 276 g/mol. The molecule has 0 aromatic heterocycles. The number of amides is 1. The van der Waals surface area contributed by atoms with Crippen LogP contribution in [0.15, 0.2) is 18.2 Å². The van der Waals surface area contributed by atoms with Gasteiger partial charge in [0.05, 0.1) is 11.3 Å². The number of hydrogen-bond donors (Lipinski definition) is 0. The third kappa shape index (κ3) is 2.15. The number of hydrogen-bond acceptors (Lipinski definition) is 3. The summed E-state index contributed by atoms with van der Waals surface area (Å²) in [7, 11) is 0. The molecule has 1 aromatic carbocycles. The minimum Gasteiger partial charge on any atom is -0.367 e. The largest absolute Gasteiger partial charge is 0.367 e. The van der Waals surface area contributed by atoms with E-state index < -0.39 is 0 Å². The number of rotatable bonds is 1. The van der Waals surface area contributed by atoms with Crippen molar-refractivity contribution in [2.75, 3.05) is 24.5 Å². The van der Waals surface area contributed by atoms with Crippen LogP contribution in [0.5, 0.6) is 0 Å². The molecule has 19 heavy (non-hydrogen) atoms. The second-order valence-electron chi connectivity index (χ2n) is 5.00. The van der Waals surface area contributed by atoms with E-state index in [1.807, 2.05) is 11.0 Å². The lowest BCUT2D eigenvalue weighted by molar-refractivity contribution is -0.129. The summed E-state index contributed by atoms with van der Waals surface area (Å²) < 4.78 is 0. The summed E-state index contributed by atoms with van der Waals surface area (Å²) in [6.45, 7) is 2.29. The van der Waals surface area contributed by atoms with E-state index in [0.717, 1.165) is 31.7 Å². The Morgan fingerprint density at radius 3 is 3.00 bits per heavy atom. The van der Waals surface area contributed by atoms with Gasteiger partial charge in [-0.05, 0) is 24.6 Å². The van der Waals surface area contributed by atoms with Gasteiger partial charge in [-0.25, -0.2) is 0 Å². The van der Waals surface area contributed by atoms with Crippen LogP contribution in [0.4, 0.5) is 5.69 Å². The van der Waals surface area contributed by atoms with Gasteiger partial charge in [0.25, 0.3) is 0 Å². The van der Waals surface area contributed by atoms with Crippen molar-refractivity contribution in [2.45, 2.75) is 18.9 Å². The number of piperazine rings is 1. The molecule has 0 spiro atoms. The lowest BCUT2D eigenvalue weighted by Gasteiger charge is -2.39. The monoisotopic (exact) mass is 275 g/mol. The Morgan fingerprint density at radius 2 is 2.21 bits per heavy atom. The van der Waals surface area contributed by atoms with Gasteiger partial charge in [-0.2, -0.15) is 5.26 Å². The molecule has 0 radical (unpaired) electrons. The Labute approximate surface area is 117 Å². The van der Waals surface area contributed by atoms with Gasteiger partial charge in [0.15, 0.2) is 0 Å². The maximum absolute atomic E-state index is 11.7. The van der Waals surface area contributed by atoms with E-state index in [4.69, 9.17) is 11.6 Å². The van der Waals surface area contributed by atoms with E-state index in [9.17, 15) is 10.1 Å².